The second kappa shape index (κ2) is 5.65. The molecule has 0 aliphatic carbocycles. The fourth-order valence-corrected chi connectivity index (χ4v) is 1.96. The molecule has 1 aromatic carbocycles. The van der Waals surface area contributed by atoms with E-state index in [2.05, 4.69) is 4.72 Å². The van der Waals surface area contributed by atoms with Gasteiger partial charge in [0.05, 0.1) is 7.11 Å². The SMILES string of the molecule is COc1ccc(CNS(=O)(=O)CC(=O)O)cc1. The average Bonchev–Trinajstić information content (AvgIpc) is 2.25. The fraction of sp³-hybridized carbons (Fsp3) is 0.300. The third-order valence-electron chi connectivity index (χ3n) is 1.97. The largest absolute Gasteiger partial charge is 0.497 e. The zero-order valence-electron chi connectivity index (χ0n) is 9.21. The first-order valence-corrected chi connectivity index (χ1v) is 6.40. The Labute approximate surface area is 99.3 Å². The van der Waals surface area contributed by atoms with Crippen LogP contribution in [0.5, 0.6) is 5.75 Å². The second-order valence-corrected chi connectivity index (χ2v) is 5.13. The predicted octanol–water partition coefficient (Wildman–Crippen LogP) is 0.199. The summed E-state index contributed by atoms with van der Waals surface area (Å²) in [6.45, 7) is 0.0552. The van der Waals surface area contributed by atoms with Gasteiger partial charge in [0.15, 0.2) is 5.75 Å². The van der Waals surface area contributed by atoms with E-state index in [4.69, 9.17) is 9.84 Å². The van der Waals surface area contributed by atoms with Gasteiger partial charge in [-0.05, 0) is 17.7 Å². The summed E-state index contributed by atoms with van der Waals surface area (Å²) in [6.07, 6.45) is 0. The maximum atomic E-state index is 11.2. The predicted molar refractivity (Wildman–Crippen MR) is 61.3 cm³/mol. The van der Waals surface area contributed by atoms with Crippen molar-refractivity contribution in [1.29, 1.82) is 0 Å². The molecule has 0 atom stereocenters. The van der Waals surface area contributed by atoms with E-state index in [9.17, 15) is 13.2 Å². The van der Waals surface area contributed by atoms with Crippen molar-refractivity contribution in [2.24, 2.45) is 0 Å². The standard InChI is InChI=1S/C10H13NO5S/c1-16-9-4-2-8(3-5-9)6-11-17(14,15)7-10(12)13/h2-5,11H,6-7H2,1H3,(H,12,13). The number of carbonyl (C=O) groups is 1. The van der Waals surface area contributed by atoms with Crippen molar-refractivity contribution in [1.82, 2.24) is 4.72 Å². The minimum absolute atomic E-state index is 0.0552. The molecule has 0 aromatic heterocycles. The maximum absolute atomic E-state index is 11.2. The second-order valence-electron chi connectivity index (χ2n) is 3.32. The lowest BCUT2D eigenvalue weighted by atomic mass is 10.2. The smallest absolute Gasteiger partial charge is 0.320 e. The summed E-state index contributed by atoms with van der Waals surface area (Å²) in [5.74, 6) is -1.64. The van der Waals surface area contributed by atoms with Crippen LogP contribution in [0.3, 0.4) is 0 Å². The van der Waals surface area contributed by atoms with Gasteiger partial charge in [-0.2, -0.15) is 0 Å². The van der Waals surface area contributed by atoms with Crippen molar-refractivity contribution in [3.63, 3.8) is 0 Å². The lowest BCUT2D eigenvalue weighted by molar-refractivity contribution is -0.134. The molecule has 7 heteroatoms. The Morgan fingerprint density at radius 3 is 2.41 bits per heavy atom. The molecular formula is C10H13NO5S. The first-order valence-electron chi connectivity index (χ1n) is 4.75. The first-order chi connectivity index (χ1) is 7.93. The molecule has 2 N–H and O–H groups in total. The molecule has 0 unspecified atom stereocenters. The van der Waals surface area contributed by atoms with Crippen LogP contribution in [-0.2, 0) is 21.4 Å². The van der Waals surface area contributed by atoms with Gasteiger partial charge in [0, 0.05) is 6.54 Å². The molecule has 0 saturated carbocycles. The highest BCUT2D eigenvalue weighted by Gasteiger charge is 2.14. The molecular weight excluding hydrogens is 246 g/mol. The normalized spacial score (nSPS) is 11.1. The Kier molecular flexibility index (Phi) is 4.47. The van der Waals surface area contributed by atoms with Crippen LogP contribution < -0.4 is 9.46 Å². The highest BCUT2D eigenvalue weighted by molar-refractivity contribution is 7.90. The number of carboxylic acid groups (broad SMARTS) is 1. The van der Waals surface area contributed by atoms with Gasteiger partial charge >= 0.3 is 5.97 Å². The molecule has 0 aliphatic rings. The number of nitrogens with one attached hydrogen (secondary N) is 1. The summed E-state index contributed by atoms with van der Waals surface area (Å²) in [4.78, 5) is 10.3. The van der Waals surface area contributed by atoms with Crippen molar-refractivity contribution in [2.45, 2.75) is 6.54 Å². The van der Waals surface area contributed by atoms with E-state index >= 15 is 0 Å². The van der Waals surface area contributed by atoms with Gasteiger partial charge in [0.1, 0.15) is 5.75 Å². The summed E-state index contributed by atoms with van der Waals surface area (Å²) in [7, 11) is -2.24. The Balaban J connectivity index is 2.58. The number of carboxylic acids is 1. The minimum atomic E-state index is -3.78. The number of sulfonamides is 1. The number of hydrogen-bond donors (Lipinski definition) is 2. The molecule has 0 fully saturated rings. The highest BCUT2D eigenvalue weighted by Crippen LogP contribution is 2.11. The van der Waals surface area contributed by atoms with E-state index in [1.807, 2.05) is 0 Å². The molecule has 94 valence electrons. The molecule has 1 rings (SSSR count). The number of rotatable bonds is 6. The summed E-state index contributed by atoms with van der Waals surface area (Å²) >= 11 is 0. The monoisotopic (exact) mass is 259 g/mol. The average molecular weight is 259 g/mol. The molecule has 6 nitrogen and oxygen atoms in total. The number of ether oxygens (including phenoxy) is 1. The molecule has 1 aromatic rings. The molecule has 0 radical (unpaired) electrons. The van der Waals surface area contributed by atoms with Crippen LogP contribution in [0.1, 0.15) is 5.56 Å². The topological polar surface area (TPSA) is 92.7 Å². The lowest BCUT2D eigenvalue weighted by Crippen LogP contribution is -2.29. The van der Waals surface area contributed by atoms with E-state index in [0.29, 0.717) is 5.75 Å². The lowest BCUT2D eigenvalue weighted by Gasteiger charge is -2.05. The van der Waals surface area contributed by atoms with Crippen LogP contribution in [0.2, 0.25) is 0 Å². The molecule has 0 aliphatic heterocycles. The highest BCUT2D eigenvalue weighted by atomic mass is 32.2. The van der Waals surface area contributed by atoms with Gasteiger partial charge < -0.3 is 9.84 Å². The van der Waals surface area contributed by atoms with Gasteiger partial charge in [-0.3, -0.25) is 4.79 Å². The molecule has 0 spiro atoms. The number of hydrogen-bond acceptors (Lipinski definition) is 4. The fourth-order valence-electron chi connectivity index (χ4n) is 1.15. The van der Waals surface area contributed by atoms with Crippen LogP contribution in [0.15, 0.2) is 24.3 Å². The maximum Gasteiger partial charge on any atom is 0.320 e. The van der Waals surface area contributed by atoms with Crippen molar-refractivity contribution < 1.29 is 23.1 Å². The third kappa shape index (κ3) is 4.83. The van der Waals surface area contributed by atoms with E-state index in [1.165, 1.54) is 7.11 Å². The Bertz CT molecular complexity index is 480. The minimum Gasteiger partial charge on any atom is -0.497 e. The summed E-state index contributed by atoms with van der Waals surface area (Å²) in [5, 5.41) is 8.38. The van der Waals surface area contributed by atoms with E-state index < -0.39 is 21.7 Å². The van der Waals surface area contributed by atoms with Crippen LogP contribution in [0.4, 0.5) is 0 Å². The van der Waals surface area contributed by atoms with Crippen molar-refractivity contribution >= 4 is 16.0 Å². The van der Waals surface area contributed by atoms with Gasteiger partial charge in [0.25, 0.3) is 0 Å². The van der Waals surface area contributed by atoms with Gasteiger partial charge in [0.2, 0.25) is 10.0 Å². The summed E-state index contributed by atoms with van der Waals surface area (Å²) in [6, 6.07) is 6.78. The van der Waals surface area contributed by atoms with E-state index in [0.717, 1.165) is 5.56 Å². The van der Waals surface area contributed by atoms with Crippen LogP contribution in [0, 0.1) is 0 Å². The molecule has 0 bridgehead atoms. The first kappa shape index (κ1) is 13.5. The van der Waals surface area contributed by atoms with Gasteiger partial charge in [-0.15, -0.1) is 0 Å². The molecule has 0 heterocycles. The zero-order valence-corrected chi connectivity index (χ0v) is 10.0. The summed E-state index contributed by atoms with van der Waals surface area (Å²) < 4.78 is 29.6. The zero-order chi connectivity index (χ0) is 12.9. The van der Waals surface area contributed by atoms with Gasteiger partial charge in [-0.25, -0.2) is 13.1 Å². The van der Waals surface area contributed by atoms with E-state index in [-0.39, 0.29) is 6.54 Å². The quantitative estimate of drug-likeness (QED) is 0.761. The van der Waals surface area contributed by atoms with Crippen molar-refractivity contribution in [3.05, 3.63) is 29.8 Å². The molecule has 0 amide bonds. The number of aliphatic carboxylic acids is 1. The molecule has 17 heavy (non-hydrogen) atoms. The Morgan fingerprint density at radius 1 is 1.35 bits per heavy atom. The summed E-state index contributed by atoms with van der Waals surface area (Å²) in [5.41, 5.74) is 0.722. The van der Waals surface area contributed by atoms with Crippen molar-refractivity contribution in [3.8, 4) is 5.75 Å². The Morgan fingerprint density at radius 2 is 1.94 bits per heavy atom. The van der Waals surface area contributed by atoms with Crippen molar-refractivity contribution in [2.75, 3.05) is 12.9 Å². The Hall–Kier alpha value is -1.60. The van der Waals surface area contributed by atoms with Crippen LogP contribution in [0.25, 0.3) is 0 Å². The van der Waals surface area contributed by atoms with Crippen LogP contribution in [-0.4, -0.2) is 32.4 Å². The van der Waals surface area contributed by atoms with Gasteiger partial charge in [-0.1, -0.05) is 12.1 Å². The number of benzene rings is 1. The molecule has 0 saturated heterocycles. The van der Waals surface area contributed by atoms with Crippen LogP contribution >= 0.6 is 0 Å². The third-order valence-corrected chi connectivity index (χ3v) is 3.18. The van der Waals surface area contributed by atoms with E-state index in [1.54, 1.807) is 24.3 Å². The number of methoxy groups -OCH3 is 1.